The Kier molecular flexibility index (Phi) is 6.73. The maximum absolute atomic E-state index is 12.9. The summed E-state index contributed by atoms with van der Waals surface area (Å²) < 4.78 is 42.7. The van der Waals surface area contributed by atoms with Gasteiger partial charge in [-0.05, 0) is 35.9 Å². The minimum atomic E-state index is -3.71. The normalized spacial score (nSPS) is 15.0. The van der Waals surface area contributed by atoms with E-state index in [9.17, 15) is 13.2 Å². The fraction of sp³-hybridized carbons (Fsp3) is 0.350. The van der Waals surface area contributed by atoms with Crippen molar-refractivity contribution in [1.29, 1.82) is 0 Å². The quantitative estimate of drug-likeness (QED) is 0.732. The van der Waals surface area contributed by atoms with Crippen molar-refractivity contribution in [2.24, 2.45) is 0 Å². The van der Waals surface area contributed by atoms with Crippen LogP contribution in [0.1, 0.15) is 15.9 Å². The van der Waals surface area contributed by atoms with Gasteiger partial charge in [0.15, 0.2) is 0 Å². The van der Waals surface area contributed by atoms with Gasteiger partial charge < -0.3 is 19.5 Å². The molecule has 1 saturated heterocycles. The van der Waals surface area contributed by atoms with Crippen LogP contribution < -0.4 is 14.8 Å². The van der Waals surface area contributed by atoms with E-state index >= 15 is 0 Å². The van der Waals surface area contributed by atoms with Crippen molar-refractivity contribution in [3.05, 3.63) is 53.6 Å². The molecule has 0 unspecified atom stereocenters. The molecule has 156 valence electrons. The van der Waals surface area contributed by atoms with Crippen LogP contribution in [0, 0.1) is 0 Å². The largest absolute Gasteiger partial charge is 0.497 e. The molecule has 1 N–H and O–H groups in total. The van der Waals surface area contributed by atoms with Gasteiger partial charge in [0.2, 0.25) is 10.0 Å². The number of benzene rings is 2. The van der Waals surface area contributed by atoms with Crippen molar-refractivity contribution in [2.75, 3.05) is 40.5 Å². The second-order valence-electron chi connectivity index (χ2n) is 6.41. The summed E-state index contributed by atoms with van der Waals surface area (Å²) in [5.74, 6) is 0.609. The number of hydrogen-bond donors (Lipinski definition) is 1. The Morgan fingerprint density at radius 1 is 1.07 bits per heavy atom. The molecule has 0 atom stereocenters. The Bertz CT molecular complexity index is 953. The van der Waals surface area contributed by atoms with E-state index in [0.29, 0.717) is 19.0 Å². The molecular formula is C20H24N2O6S. The molecule has 1 amide bonds. The first kappa shape index (κ1) is 21.1. The maximum atomic E-state index is 12.9. The molecule has 2 aromatic carbocycles. The maximum Gasteiger partial charge on any atom is 0.255 e. The van der Waals surface area contributed by atoms with Gasteiger partial charge in [-0.15, -0.1) is 0 Å². The highest BCUT2D eigenvalue weighted by molar-refractivity contribution is 7.89. The van der Waals surface area contributed by atoms with Crippen LogP contribution in [0.4, 0.5) is 0 Å². The molecule has 0 radical (unpaired) electrons. The molecule has 0 bridgehead atoms. The van der Waals surface area contributed by atoms with Crippen molar-refractivity contribution in [2.45, 2.75) is 11.4 Å². The predicted molar refractivity (Wildman–Crippen MR) is 107 cm³/mol. The SMILES string of the molecule is COc1ccc(CNC(=O)c2cc(S(=O)(=O)N3CCOCC3)ccc2OC)cc1. The van der Waals surface area contributed by atoms with E-state index < -0.39 is 15.9 Å². The summed E-state index contributed by atoms with van der Waals surface area (Å²) in [7, 11) is -0.693. The number of ether oxygens (including phenoxy) is 3. The Morgan fingerprint density at radius 2 is 1.76 bits per heavy atom. The lowest BCUT2D eigenvalue weighted by Gasteiger charge is -2.26. The summed E-state index contributed by atoms with van der Waals surface area (Å²) in [6, 6.07) is 11.6. The van der Waals surface area contributed by atoms with Gasteiger partial charge in [-0.3, -0.25) is 4.79 Å². The first-order valence-corrected chi connectivity index (χ1v) is 10.6. The van der Waals surface area contributed by atoms with E-state index in [4.69, 9.17) is 14.2 Å². The van der Waals surface area contributed by atoms with Gasteiger partial charge in [0.1, 0.15) is 11.5 Å². The van der Waals surface area contributed by atoms with E-state index in [1.165, 1.54) is 29.6 Å². The van der Waals surface area contributed by atoms with Crippen molar-refractivity contribution in [1.82, 2.24) is 9.62 Å². The van der Waals surface area contributed by atoms with E-state index in [1.807, 2.05) is 12.1 Å². The lowest BCUT2D eigenvalue weighted by Crippen LogP contribution is -2.40. The minimum Gasteiger partial charge on any atom is -0.497 e. The van der Waals surface area contributed by atoms with Crippen LogP contribution >= 0.6 is 0 Å². The number of amides is 1. The highest BCUT2D eigenvalue weighted by Gasteiger charge is 2.28. The first-order valence-electron chi connectivity index (χ1n) is 9.13. The molecule has 1 fully saturated rings. The van der Waals surface area contributed by atoms with E-state index in [2.05, 4.69) is 5.32 Å². The van der Waals surface area contributed by atoms with Crippen molar-refractivity contribution in [3.63, 3.8) is 0 Å². The molecule has 9 heteroatoms. The summed E-state index contributed by atoms with van der Waals surface area (Å²) in [4.78, 5) is 12.8. The molecule has 0 spiro atoms. The lowest BCUT2D eigenvalue weighted by atomic mass is 10.1. The Labute approximate surface area is 170 Å². The number of methoxy groups -OCH3 is 2. The number of sulfonamides is 1. The predicted octanol–water partition coefficient (Wildman–Crippen LogP) is 1.65. The molecular weight excluding hydrogens is 396 g/mol. The van der Waals surface area contributed by atoms with Gasteiger partial charge in [-0.1, -0.05) is 12.1 Å². The van der Waals surface area contributed by atoms with Gasteiger partial charge in [-0.2, -0.15) is 4.31 Å². The van der Waals surface area contributed by atoms with Crippen molar-refractivity contribution >= 4 is 15.9 Å². The number of nitrogens with one attached hydrogen (secondary N) is 1. The van der Waals surface area contributed by atoms with Crippen LogP contribution in [0.25, 0.3) is 0 Å². The third kappa shape index (κ3) is 4.87. The number of morpholine rings is 1. The molecule has 29 heavy (non-hydrogen) atoms. The average molecular weight is 420 g/mol. The zero-order valence-corrected chi connectivity index (χ0v) is 17.2. The summed E-state index contributed by atoms with van der Waals surface area (Å²) >= 11 is 0. The standard InChI is InChI=1S/C20H24N2O6S/c1-26-16-5-3-15(4-6-16)14-21-20(23)18-13-17(7-8-19(18)27-2)29(24,25)22-9-11-28-12-10-22/h3-8,13H,9-12,14H2,1-2H3,(H,21,23). The zero-order chi connectivity index (χ0) is 20.9. The highest BCUT2D eigenvalue weighted by Crippen LogP contribution is 2.25. The Morgan fingerprint density at radius 3 is 2.38 bits per heavy atom. The molecule has 0 aromatic heterocycles. The highest BCUT2D eigenvalue weighted by atomic mass is 32.2. The molecule has 1 aliphatic rings. The smallest absolute Gasteiger partial charge is 0.255 e. The Hall–Kier alpha value is -2.62. The van der Waals surface area contributed by atoms with Gasteiger partial charge in [0, 0.05) is 19.6 Å². The lowest BCUT2D eigenvalue weighted by molar-refractivity contribution is 0.0730. The molecule has 0 saturated carbocycles. The van der Waals surface area contributed by atoms with E-state index in [-0.39, 0.29) is 30.1 Å². The van der Waals surface area contributed by atoms with Crippen LogP contribution in [0.15, 0.2) is 47.4 Å². The Balaban J connectivity index is 1.79. The van der Waals surface area contributed by atoms with Gasteiger partial charge in [0.05, 0.1) is 37.9 Å². The zero-order valence-electron chi connectivity index (χ0n) is 16.4. The third-order valence-corrected chi connectivity index (χ3v) is 6.53. The van der Waals surface area contributed by atoms with Crippen LogP contribution in [0.2, 0.25) is 0 Å². The average Bonchev–Trinajstić information content (AvgIpc) is 2.77. The molecule has 1 aliphatic heterocycles. The fourth-order valence-electron chi connectivity index (χ4n) is 2.98. The second kappa shape index (κ2) is 9.25. The monoisotopic (exact) mass is 420 g/mol. The fourth-order valence-corrected chi connectivity index (χ4v) is 4.42. The third-order valence-electron chi connectivity index (χ3n) is 4.64. The van der Waals surface area contributed by atoms with Crippen LogP contribution in [0.3, 0.4) is 0 Å². The number of carbonyl (C=O) groups is 1. The van der Waals surface area contributed by atoms with Crippen LogP contribution in [0.5, 0.6) is 11.5 Å². The summed E-state index contributed by atoms with van der Waals surface area (Å²) in [6.45, 7) is 1.56. The molecule has 0 aliphatic carbocycles. The number of hydrogen-bond acceptors (Lipinski definition) is 6. The van der Waals surface area contributed by atoms with E-state index in [0.717, 1.165) is 11.3 Å². The number of nitrogens with zero attached hydrogens (tertiary/aromatic N) is 1. The van der Waals surface area contributed by atoms with Crippen molar-refractivity contribution in [3.8, 4) is 11.5 Å². The number of carbonyl (C=O) groups excluding carboxylic acids is 1. The summed E-state index contributed by atoms with van der Waals surface area (Å²) in [6.07, 6.45) is 0. The molecule has 1 heterocycles. The van der Waals surface area contributed by atoms with Gasteiger partial charge >= 0.3 is 0 Å². The summed E-state index contributed by atoms with van der Waals surface area (Å²) in [5, 5.41) is 2.80. The van der Waals surface area contributed by atoms with Gasteiger partial charge in [0.25, 0.3) is 5.91 Å². The summed E-state index contributed by atoms with van der Waals surface area (Å²) in [5.41, 5.74) is 1.05. The minimum absolute atomic E-state index is 0.0507. The molecule has 2 aromatic rings. The van der Waals surface area contributed by atoms with Gasteiger partial charge in [-0.25, -0.2) is 8.42 Å². The van der Waals surface area contributed by atoms with Crippen LogP contribution in [-0.2, 0) is 21.3 Å². The molecule has 8 nitrogen and oxygen atoms in total. The topological polar surface area (TPSA) is 94.2 Å². The molecule has 3 rings (SSSR count). The first-order chi connectivity index (χ1) is 14.0. The van der Waals surface area contributed by atoms with E-state index in [1.54, 1.807) is 19.2 Å². The van der Waals surface area contributed by atoms with Crippen molar-refractivity contribution < 1.29 is 27.4 Å². The van der Waals surface area contributed by atoms with Crippen LogP contribution in [-0.4, -0.2) is 59.2 Å². The second-order valence-corrected chi connectivity index (χ2v) is 8.35. The number of rotatable bonds is 7.